The molecule has 0 spiro atoms. The molecule has 0 saturated carbocycles. The standard InChI is InChI=1S/C20H21FN4O2S/c1-13-15-12-17(28-20(15)23(2)22-13)19(27)25-9-5-8-24(10-11-25)18(26)14-6-3-4-7-16(14)21/h3-4,6-7,12H,5,8-11H2,1-2H3. The highest BCUT2D eigenvalue weighted by Gasteiger charge is 2.26. The average molecular weight is 400 g/mol. The zero-order valence-corrected chi connectivity index (χ0v) is 16.6. The number of carbonyl (C=O) groups excluding carboxylic acids is 2. The minimum atomic E-state index is -0.515. The minimum absolute atomic E-state index is 0.0270. The van der Waals surface area contributed by atoms with Gasteiger partial charge in [0.1, 0.15) is 10.6 Å². The molecule has 0 N–H and O–H groups in total. The van der Waals surface area contributed by atoms with Crippen molar-refractivity contribution in [2.75, 3.05) is 26.2 Å². The molecular weight excluding hydrogens is 379 g/mol. The summed E-state index contributed by atoms with van der Waals surface area (Å²) in [6.45, 7) is 3.84. The molecule has 0 bridgehead atoms. The Hall–Kier alpha value is -2.74. The Morgan fingerprint density at radius 3 is 2.43 bits per heavy atom. The van der Waals surface area contributed by atoms with Gasteiger partial charge in [-0.3, -0.25) is 14.3 Å². The Morgan fingerprint density at radius 2 is 1.75 bits per heavy atom. The molecule has 1 aliphatic rings. The number of nitrogens with zero attached hydrogens (tertiary/aromatic N) is 4. The van der Waals surface area contributed by atoms with Crippen molar-refractivity contribution in [2.45, 2.75) is 13.3 Å². The number of hydrogen-bond donors (Lipinski definition) is 0. The van der Waals surface area contributed by atoms with E-state index < -0.39 is 5.82 Å². The lowest BCUT2D eigenvalue weighted by Crippen LogP contribution is -2.37. The van der Waals surface area contributed by atoms with Gasteiger partial charge in [-0.05, 0) is 31.5 Å². The number of aromatic nitrogens is 2. The van der Waals surface area contributed by atoms with Crippen LogP contribution in [0.5, 0.6) is 0 Å². The zero-order valence-electron chi connectivity index (χ0n) is 15.8. The maximum atomic E-state index is 13.9. The van der Waals surface area contributed by atoms with Gasteiger partial charge in [-0.25, -0.2) is 4.39 Å². The fourth-order valence-electron chi connectivity index (χ4n) is 3.60. The van der Waals surface area contributed by atoms with Gasteiger partial charge in [-0.2, -0.15) is 5.10 Å². The van der Waals surface area contributed by atoms with E-state index in [4.69, 9.17) is 0 Å². The Labute approximate surface area is 166 Å². The number of hydrogen-bond acceptors (Lipinski definition) is 4. The smallest absolute Gasteiger partial charge is 0.264 e. The van der Waals surface area contributed by atoms with Crippen LogP contribution in [-0.2, 0) is 7.05 Å². The average Bonchev–Trinajstić information content (AvgIpc) is 3.12. The fraction of sp³-hybridized carbons (Fsp3) is 0.350. The first-order valence-corrected chi connectivity index (χ1v) is 10.0. The monoisotopic (exact) mass is 400 g/mol. The summed E-state index contributed by atoms with van der Waals surface area (Å²) in [6, 6.07) is 7.91. The van der Waals surface area contributed by atoms with E-state index in [1.165, 1.54) is 23.5 Å². The van der Waals surface area contributed by atoms with E-state index >= 15 is 0 Å². The van der Waals surface area contributed by atoms with Gasteiger partial charge in [0.2, 0.25) is 0 Å². The molecule has 0 atom stereocenters. The Bertz CT molecular complexity index is 1020. The topological polar surface area (TPSA) is 58.4 Å². The van der Waals surface area contributed by atoms with Crippen LogP contribution < -0.4 is 0 Å². The summed E-state index contributed by atoms with van der Waals surface area (Å²) in [5.41, 5.74) is 0.986. The predicted octanol–water partition coefficient (Wildman–Crippen LogP) is 3.07. The normalized spacial score (nSPS) is 15.1. The van der Waals surface area contributed by atoms with Crippen molar-refractivity contribution in [3.8, 4) is 0 Å². The number of benzene rings is 1. The van der Waals surface area contributed by atoms with E-state index in [9.17, 15) is 14.0 Å². The van der Waals surface area contributed by atoms with Crippen LogP contribution in [0, 0.1) is 12.7 Å². The minimum Gasteiger partial charge on any atom is -0.337 e. The Balaban J connectivity index is 1.48. The molecule has 0 unspecified atom stereocenters. The third kappa shape index (κ3) is 3.28. The molecule has 3 aromatic rings. The van der Waals surface area contributed by atoms with Crippen LogP contribution in [-0.4, -0.2) is 57.6 Å². The summed E-state index contributed by atoms with van der Waals surface area (Å²) in [4.78, 5) is 30.7. The molecule has 8 heteroatoms. The summed E-state index contributed by atoms with van der Waals surface area (Å²) in [7, 11) is 1.87. The number of halogens is 1. The molecular formula is C20H21FN4O2S. The summed E-state index contributed by atoms with van der Waals surface area (Å²) in [5, 5.41) is 5.37. The molecule has 146 valence electrons. The van der Waals surface area contributed by atoms with Gasteiger partial charge in [0, 0.05) is 38.6 Å². The highest BCUT2D eigenvalue weighted by molar-refractivity contribution is 7.20. The molecule has 0 radical (unpaired) electrons. The summed E-state index contributed by atoms with van der Waals surface area (Å²) >= 11 is 1.44. The van der Waals surface area contributed by atoms with Crippen LogP contribution in [0.25, 0.3) is 10.2 Å². The molecule has 0 aliphatic carbocycles. The van der Waals surface area contributed by atoms with Crippen molar-refractivity contribution in [1.82, 2.24) is 19.6 Å². The van der Waals surface area contributed by atoms with Crippen molar-refractivity contribution in [2.24, 2.45) is 7.05 Å². The van der Waals surface area contributed by atoms with E-state index in [0.717, 1.165) is 15.9 Å². The first-order valence-electron chi connectivity index (χ1n) is 9.22. The quantitative estimate of drug-likeness (QED) is 0.664. The van der Waals surface area contributed by atoms with E-state index in [1.54, 1.807) is 26.6 Å². The maximum Gasteiger partial charge on any atom is 0.264 e. The molecule has 4 rings (SSSR count). The molecule has 1 fully saturated rings. The van der Waals surface area contributed by atoms with E-state index in [-0.39, 0.29) is 17.4 Å². The van der Waals surface area contributed by atoms with E-state index in [2.05, 4.69) is 5.10 Å². The van der Waals surface area contributed by atoms with Crippen LogP contribution in [0.4, 0.5) is 4.39 Å². The lowest BCUT2D eigenvalue weighted by molar-refractivity contribution is 0.0718. The van der Waals surface area contributed by atoms with Gasteiger partial charge in [0.15, 0.2) is 0 Å². The second-order valence-electron chi connectivity index (χ2n) is 6.96. The van der Waals surface area contributed by atoms with Gasteiger partial charge >= 0.3 is 0 Å². The molecule has 28 heavy (non-hydrogen) atoms. The van der Waals surface area contributed by atoms with Crippen molar-refractivity contribution in [3.63, 3.8) is 0 Å². The second kappa shape index (κ2) is 7.35. The van der Waals surface area contributed by atoms with Crippen LogP contribution >= 0.6 is 11.3 Å². The third-order valence-electron chi connectivity index (χ3n) is 5.08. The number of rotatable bonds is 2. The Kier molecular flexibility index (Phi) is 4.89. The first-order chi connectivity index (χ1) is 13.5. The van der Waals surface area contributed by atoms with E-state index in [0.29, 0.717) is 37.5 Å². The van der Waals surface area contributed by atoms with Crippen molar-refractivity contribution >= 4 is 33.4 Å². The van der Waals surface area contributed by atoms with Crippen molar-refractivity contribution in [1.29, 1.82) is 0 Å². The summed E-state index contributed by atoms with van der Waals surface area (Å²) in [5.74, 6) is -0.865. The Morgan fingerprint density at radius 1 is 1.07 bits per heavy atom. The molecule has 2 aromatic heterocycles. The highest BCUT2D eigenvalue weighted by Crippen LogP contribution is 2.28. The SMILES string of the molecule is Cc1nn(C)c2sc(C(=O)N3CCCN(C(=O)c4ccccc4F)CC3)cc12. The number of fused-ring (bicyclic) bond motifs is 1. The largest absolute Gasteiger partial charge is 0.337 e. The molecule has 1 aromatic carbocycles. The third-order valence-corrected chi connectivity index (χ3v) is 6.27. The van der Waals surface area contributed by atoms with Crippen LogP contribution in [0.2, 0.25) is 0 Å². The van der Waals surface area contributed by atoms with Gasteiger partial charge in [0.25, 0.3) is 11.8 Å². The molecule has 3 heterocycles. The van der Waals surface area contributed by atoms with Crippen LogP contribution in [0.15, 0.2) is 30.3 Å². The number of carbonyl (C=O) groups is 2. The number of aryl methyl sites for hydroxylation is 2. The van der Waals surface area contributed by atoms with Crippen molar-refractivity contribution in [3.05, 3.63) is 52.3 Å². The van der Waals surface area contributed by atoms with E-state index in [1.807, 2.05) is 20.0 Å². The molecule has 2 amide bonds. The van der Waals surface area contributed by atoms with Crippen LogP contribution in [0.3, 0.4) is 0 Å². The number of amides is 2. The lowest BCUT2D eigenvalue weighted by Gasteiger charge is -2.22. The van der Waals surface area contributed by atoms with Crippen molar-refractivity contribution < 1.29 is 14.0 Å². The first kappa shape index (κ1) is 18.6. The molecule has 1 saturated heterocycles. The van der Waals surface area contributed by atoms with Gasteiger partial charge in [-0.1, -0.05) is 12.1 Å². The predicted molar refractivity (Wildman–Crippen MR) is 106 cm³/mol. The number of thiophene rings is 1. The van der Waals surface area contributed by atoms with Gasteiger partial charge in [-0.15, -0.1) is 11.3 Å². The fourth-order valence-corrected chi connectivity index (χ4v) is 4.69. The molecule has 1 aliphatic heterocycles. The summed E-state index contributed by atoms with van der Waals surface area (Å²) < 4.78 is 15.7. The highest BCUT2D eigenvalue weighted by atomic mass is 32.1. The lowest BCUT2D eigenvalue weighted by atomic mass is 10.2. The second-order valence-corrected chi connectivity index (χ2v) is 7.99. The molecule has 6 nitrogen and oxygen atoms in total. The van der Waals surface area contributed by atoms with Gasteiger partial charge in [0.05, 0.1) is 16.1 Å². The van der Waals surface area contributed by atoms with Gasteiger partial charge < -0.3 is 9.80 Å². The van der Waals surface area contributed by atoms with Crippen LogP contribution in [0.1, 0.15) is 32.1 Å². The summed E-state index contributed by atoms with van der Waals surface area (Å²) in [6.07, 6.45) is 0.664. The zero-order chi connectivity index (χ0) is 19.8. The maximum absolute atomic E-state index is 13.9.